The van der Waals surface area contributed by atoms with E-state index in [1.54, 1.807) is 12.8 Å². The third-order valence-corrected chi connectivity index (χ3v) is 11.3. The summed E-state index contributed by atoms with van der Waals surface area (Å²) in [7, 11) is 0. The van der Waals surface area contributed by atoms with E-state index >= 15 is 0 Å². The Labute approximate surface area is 190 Å². The molecule has 0 amide bonds. The Bertz CT molecular complexity index is 520. The molecular formula is C30H56. The zero-order valence-corrected chi connectivity index (χ0v) is 22.1. The molecule has 10 unspecified atom stereocenters. The molecule has 0 aromatic heterocycles. The highest BCUT2D eigenvalue weighted by molar-refractivity contribution is 5.01. The van der Waals surface area contributed by atoms with E-state index in [0.29, 0.717) is 5.41 Å². The van der Waals surface area contributed by atoms with Gasteiger partial charge in [0.2, 0.25) is 0 Å². The van der Waals surface area contributed by atoms with Gasteiger partial charge in [-0.2, -0.15) is 0 Å². The summed E-state index contributed by atoms with van der Waals surface area (Å²) in [6.07, 6.45) is 16.6. The van der Waals surface area contributed by atoms with E-state index in [1.165, 1.54) is 57.8 Å². The van der Waals surface area contributed by atoms with Crippen molar-refractivity contribution < 1.29 is 0 Å². The van der Waals surface area contributed by atoms with Crippen LogP contribution in [0, 0.1) is 64.6 Å². The van der Waals surface area contributed by atoms with E-state index in [1.807, 2.05) is 0 Å². The lowest BCUT2D eigenvalue weighted by Gasteiger charge is -2.47. The molecule has 176 valence electrons. The van der Waals surface area contributed by atoms with Crippen LogP contribution in [0.25, 0.3) is 0 Å². The summed E-state index contributed by atoms with van der Waals surface area (Å²) >= 11 is 0. The molecule has 3 fully saturated rings. The first-order valence-electron chi connectivity index (χ1n) is 14.1. The van der Waals surface area contributed by atoms with E-state index in [4.69, 9.17) is 0 Å². The topological polar surface area (TPSA) is 0 Å². The van der Waals surface area contributed by atoms with Crippen LogP contribution in [0.1, 0.15) is 126 Å². The Morgan fingerprint density at radius 2 is 1.53 bits per heavy atom. The second-order valence-electron chi connectivity index (χ2n) is 13.5. The zero-order chi connectivity index (χ0) is 22.1. The summed E-state index contributed by atoms with van der Waals surface area (Å²) in [5.74, 6) is 9.60. The Hall–Kier alpha value is 0. The van der Waals surface area contributed by atoms with Crippen LogP contribution in [0.5, 0.6) is 0 Å². The lowest BCUT2D eigenvalue weighted by atomic mass is 9.57. The van der Waals surface area contributed by atoms with Gasteiger partial charge in [0, 0.05) is 0 Å². The third-order valence-electron chi connectivity index (χ3n) is 11.3. The number of fused-ring (bicyclic) bond motifs is 1. The molecule has 3 aliphatic rings. The summed E-state index contributed by atoms with van der Waals surface area (Å²) in [6.45, 7) is 20.2. The van der Waals surface area contributed by atoms with Crippen LogP contribution in [0.15, 0.2) is 0 Å². The summed E-state index contributed by atoms with van der Waals surface area (Å²) in [4.78, 5) is 0. The molecule has 0 nitrogen and oxygen atoms in total. The van der Waals surface area contributed by atoms with Gasteiger partial charge >= 0.3 is 0 Å². The first-order chi connectivity index (χ1) is 14.1. The third kappa shape index (κ3) is 5.31. The minimum atomic E-state index is 0.655. The molecule has 3 aliphatic carbocycles. The van der Waals surface area contributed by atoms with Gasteiger partial charge < -0.3 is 0 Å². The van der Waals surface area contributed by atoms with Crippen LogP contribution in [0.3, 0.4) is 0 Å². The first kappa shape index (κ1) is 24.6. The summed E-state index contributed by atoms with van der Waals surface area (Å²) in [5.41, 5.74) is 0.655. The Balaban J connectivity index is 1.57. The van der Waals surface area contributed by atoms with Crippen LogP contribution >= 0.6 is 0 Å². The quantitative estimate of drug-likeness (QED) is 0.369. The molecule has 3 rings (SSSR count). The molecular weight excluding hydrogens is 360 g/mol. The van der Waals surface area contributed by atoms with Crippen molar-refractivity contribution in [1.82, 2.24) is 0 Å². The van der Waals surface area contributed by atoms with Crippen molar-refractivity contribution >= 4 is 0 Å². The molecule has 0 N–H and O–H groups in total. The zero-order valence-electron chi connectivity index (χ0n) is 22.1. The average molecular weight is 417 g/mol. The second-order valence-corrected chi connectivity index (χ2v) is 13.5. The minimum Gasteiger partial charge on any atom is -0.0625 e. The fourth-order valence-electron chi connectivity index (χ4n) is 8.68. The molecule has 0 aliphatic heterocycles. The van der Waals surface area contributed by atoms with Crippen molar-refractivity contribution in [2.45, 2.75) is 126 Å². The highest BCUT2D eigenvalue weighted by Gasteiger charge is 2.52. The van der Waals surface area contributed by atoms with E-state index in [2.05, 4.69) is 55.4 Å². The highest BCUT2D eigenvalue weighted by atomic mass is 14.6. The van der Waals surface area contributed by atoms with Crippen molar-refractivity contribution in [2.24, 2.45) is 64.6 Å². The van der Waals surface area contributed by atoms with Gasteiger partial charge in [-0.3, -0.25) is 0 Å². The van der Waals surface area contributed by atoms with Crippen LogP contribution in [0.2, 0.25) is 0 Å². The summed E-state index contributed by atoms with van der Waals surface area (Å²) in [5, 5.41) is 0. The van der Waals surface area contributed by atoms with Gasteiger partial charge in [0.15, 0.2) is 0 Å². The Morgan fingerprint density at radius 3 is 2.23 bits per heavy atom. The van der Waals surface area contributed by atoms with Crippen LogP contribution < -0.4 is 0 Å². The van der Waals surface area contributed by atoms with Crippen LogP contribution in [-0.2, 0) is 0 Å². The molecule has 0 heteroatoms. The van der Waals surface area contributed by atoms with Crippen LogP contribution in [0.4, 0.5) is 0 Å². The smallest absolute Gasteiger partial charge is 0.0264 e. The molecule has 0 saturated heterocycles. The minimum absolute atomic E-state index is 0.655. The largest absolute Gasteiger partial charge is 0.0625 e. The number of rotatable bonds is 8. The fourth-order valence-corrected chi connectivity index (χ4v) is 8.68. The average Bonchev–Trinajstić information content (AvgIpc) is 3.04. The Morgan fingerprint density at radius 1 is 0.833 bits per heavy atom. The van der Waals surface area contributed by atoms with Gasteiger partial charge in [0.25, 0.3) is 0 Å². The van der Waals surface area contributed by atoms with Gasteiger partial charge in [-0.15, -0.1) is 0 Å². The highest BCUT2D eigenvalue weighted by Crippen LogP contribution is 2.61. The molecule has 3 saturated carbocycles. The van der Waals surface area contributed by atoms with E-state index in [9.17, 15) is 0 Å². The molecule has 30 heavy (non-hydrogen) atoms. The van der Waals surface area contributed by atoms with Crippen LogP contribution in [-0.4, -0.2) is 0 Å². The molecule has 0 heterocycles. The SMILES string of the molecule is CC1CC(C)C(C)C(CCC2CCCC3(C)C(C(C)CCC(C)C(C)C)CCC23)C1. The van der Waals surface area contributed by atoms with Gasteiger partial charge in [-0.25, -0.2) is 0 Å². The first-order valence-corrected chi connectivity index (χ1v) is 14.1. The van der Waals surface area contributed by atoms with Crippen molar-refractivity contribution in [3.63, 3.8) is 0 Å². The lowest BCUT2D eigenvalue weighted by molar-refractivity contribution is 0.0185. The van der Waals surface area contributed by atoms with Crippen molar-refractivity contribution in [3.8, 4) is 0 Å². The van der Waals surface area contributed by atoms with Crippen molar-refractivity contribution in [2.75, 3.05) is 0 Å². The monoisotopic (exact) mass is 416 g/mol. The van der Waals surface area contributed by atoms with E-state index in [-0.39, 0.29) is 0 Å². The molecule has 0 aromatic carbocycles. The lowest BCUT2D eigenvalue weighted by Crippen LogP contribution is -2.39. The maximum absolute atomic E-state index is 2.73. The maximum Gasteiger partial charge on any atom is -0.0264 e. The predicted molar refractivity (Wildman–Crippen MR) is 134 cm³/mol. The van der Waals surface area contributed by atoms with Gasteiger partial charge in [0.1, 0.15) is 0 Å². The fraction of sp³-hybridized carbons (Fsp3) is 1.00. The number of hydrogen-bond donors (Lipinski definition) is 0. The summed E-state index contributed by atoms with van der Waals surface area (Å²) < 4.78 is 0. The molecule has 10 atom stereocenters. The van der Waals surface area contributed by atoms with E-state index in [0.717, 1.165) is 59.2 Å². The normalized spacial score (nSPS) is 44.1. The standard InChI is InChI=1S/C30H56/c1-20(2)22(4)11-12-23(5)28-15-16-29-26(10-9-17-30(28,29)8)13-14-27-19-21(3)18-24(6)25(27)7/h20-29H,9-19H2,1-8H3. The van der Waals surface area contributed by atoms with Gasteiger partial charge in [-0.05, 0) is 110 Å². The summed E-state index contributed by atoms with van der Waals surface area (Å²) in [6, 6.07) is 0. The van der Waals surface area contributed by atoms with Crippen molar-refractivity contribution in [1.29, 1.82) is 0 Å². The molecule has 0 radical (unpaired) electrons. The van der Waals surface area contributed by atoms with Crippen molar-refractivity contribution in [3.05, 3.63) is 0 Å². The van der Waals surface area contributed by atoms with Gasteiger partial charge in [0.05, 0.1) is 0 Å². The second kappa shape index (κ2) is 10.3. The van der Waals surface area contributed by atoms with Gasteiger partial charge in [-0.1, -0.05) is 81.1 Å². The Kier molecular flexibility index (Phi) is 8.45. The predicted octanol–water partition coefficient (Wildman–Crippen LogP) is 9.63. The number of hydrogen-bond acceptors (Lipinski definition) is 0. The maximum atomic E-state index is 2.73. The molecule has 0 spiro atoms. The van der Waals surface area contributed by atoms with E-state index < -0.39 is 0 Å². The molecule has 0 bridgehead atoms. The molecule has 0 aromatic rings.